The number of nitrogens with two attached hydrogens (primary N) is 1. The Morgan fingerprint density at radius 3 is 2.60 bits per heavy atom. The van der Waals surface area contributed by atoms with Crippen LogP contribution in [0.25, 0.3) is 11.3 Å². The molecule has 2 aromatic carbocycles. The Balaban J connectivity index is 0.00000378. The van der Waals surface area contributed by atoms with Crippen molar-refractivity contribution < 1.29 is 42.8 Å². The van der Waals surface area contributed by atoms with Crippen LogP contribution < -0.4 is 14.8 Å². The summed E-state index contributed by atoms with van der Waals surface area (Å²) < 4.78 is 43.6. The van der Waals surface area contributed by atoms with Crippen LogP contribution in [0.15, 0.2) is 78.8 Å². The van der Waals surface area contributed by atoms with Crippen molar-refractivity contribution in [1.29, 1.82) is 5.26 Å². The number of anilines is 1. The van der Waals surface area contributed by atoms with Crippen molar-refractivity contribution in [1.82, 2.24) is 19.7 Å². The van der Waals surface area contributed by atoms with Crippen LogP contribution in [0.1, 0.15) is 62.5 Å². The standard InChI is InChI=1S/C35H35F2N8O5S.2CH4/c1-22(33-42-30(18-51-33)25-9-7-24(15-38)8-10-25)35(48,28-14-27(36)11-12-29(28)37)19-45-21-44(20-41-45)23(2)50-34(47)43(4)32-26(6-5-13-40-32)17-49-31(46)16-39-3;;/h5-14,18,20-23,39,48H,16-17,19H2,1-4H3;2*1H4/q+1;;/p+1/t22-,23?,35+;;/m0../s1. The molecule has 1 unspecified atom stereocenters. The first-order valence-corrected chi connectivity index (χ1v) is 16.7. The van der Waals surface area contributed by atoms with Crippen molar-refractivity contribution in [3.05, 3.63) is 112 Å². The van der Waals surface area contributed by atoms with E-state index in [1.54, 1.807) is 68.0 Å². The molecule has 3 aromatic heterocycles. The van der Waals surface area contributed by atoms with E-state index in [1.165, 1.54) is 51.4 Å². The molecule has 3 N–H and O–H groups in total. The van der Waals surface area contributed by atoms with Gasteiger partial charge in [-0.2, -0.15) is 9.83 Å². The summed E-state index contributed by atoms with van der Waals surface area (Å²) >= 11 is 1.25. The number of aliphatic hydroxyl groups is 1. The first kappa shape index (κ1) is 41.8. The number of carbonyl (C=O) groups is 2. The number of nitriles is 1. The van der Waals surface area contributed by atoms with Crippen LogP contribution in [0, 0.1) is 23.0 Å². The van der Waals surface area contributed by atoms with E-state index < -0.39 is 41.4 Å². The van der Waals surface area contributed by atoms with Gasteiger partial charge in [0.1, 0.15) is 36.2 Å². The number of halogens is 2. The molecule has 0 saturated heterocycles. The fourth-order valence-electron chi connectivity index (χ4n) is 5.28. The van der Waals surface area contributed by atoms with Crippen LogP contribution in [0.5, 0.6) is 0 Å². The molecule has 0 spiro atoms. The number of likely N-dealkylation sites (N-methyl/N-ethyl adjacent to an activating group) is 1. The third kappa shape index (κ3) is 9.63. The highest BCUT2D eigenvalue weighted by Crippen LogP contribution is 2.41. The number of benzene rings is 2. The van der Waals surface area contributed by atoms with Gasteiger partial charge in [-0.25, -0.2) is 28.3 Å². The van der Waals surface area contributed by atoms with E-state index in [1.807, 2.05) is 0 Å². The maximum atomic E-state index is 15.3. The molecule has 5 aromatic rings. The fourth-order valence-corrected chi connectivity index (χ4v) is 6.25. The number of thiazole rings is 1. The second-order valence-corrected chi connectivity index (χ2v) is 12.6. The lowest BCUT2D eigenvalue weighted by molar-refractivity contribution is -0.753. The van der Waals surface area contributed by atoms with Gasteiger partial charge in [-0.05, 0) is 36.4 Å². The molecule has 3 heterocycles. The summed E-state index contributed by atoms with van der Waals surface area (Å²) in [7, 11) is 3.21. The summed E-state index contributed by atoms with van der Waals surface area (Å²) in [6, 6.07) is 15.1. The largest absolute Gasteiger partial charge is 0.457 e. The van der Waals surface area contributed by atoms with Crippen molar-refractivity contribution in [3.63, 3.8) is 0 Å². The van der Waals surface area contributed by atoms with Gasteiger partial charge in [0, 0.05) is 53.3 Å². The third-order valence-corrected chi connectivity index (χ3v) is 9.25. The lowest BCUT2D eigenvalue weighted by atomic mass is 9.82. The highest BCUT2D eigenvalue weighted by Gasteiger charge is 2.43. The molecule has 13 nitrogen and oxygen atoms in total. The number of amides is 1. The van der Waals surface area contributed by atoms with E-state index >= 15 is 4.39 Å². The molecule has 0 aliphatic heterocycles. The maximum Gasteiger partial charge on any atom is 0.418 e. The van der Waals surface area contributed by atoms with Crippen LogP contribution in [0.2, 0.25) is 0 Å². The molecule has 0 bridgehead atoms. The normalized spacial score (nSPS) is 12.9. The van der Waals surface area contributed by atoms with E-state index in [4.69, 9.17) is 19.7 Å². The Labute approximate surface area is 311 Å². The van der Waals surface area contributed by atoms with Gasteiger partial charge >= 0.3 is 12.1 Å². The highest BCUT2D eigenvalue weighted by atomic mass is 32.1. The molecule has 16 heteroatoms. The van der Waals surface area contributed by atoms with Crippen molar-refractivity contribution in [3.8, 4) is 17.3 Å². The number of aromatic nitrogens is 5. The summed E-state index contributed by atoms with van der Waals surface area (Å²) in [5.41, 5.74) is 0.0216. The van der Waals surface area contributed by atoms with Gasteiger partial charge in [0.05, 0.1) is 29.4 Å². The van der Waals surface area contributed by atoms with E-state index in [2.05, 4.69) is 16.2 Å². The molecule has 3 atom stereocenters. The molecule has 0 saturated carbocycles. The number of esters is 1. The summed E-state index contributed by atoms with van der Waals surface area (Å²) in [5, 5.41) is 29.6. The first-order valence-electron chi connectivity index (χ1n) is 15.8. The van der Waals surface area contributed by atoms with Gasteiger partial charge in [0.15, 0.2) is 6.54 Å². The topological polar surface area (TPSA) is 164 Å². The molecule has 53 heavy (non-hydrogen) atoms. The van der Waals surface area contributed by atoms with Crippen molar-refractivity contribution >= 4 is 29.2 Å². The molecule has 0 aliphatic rings. The van der Waals surface area contributed by atoms with E-state index in [9.17, 15) is 19.1 Å². The van der Waals surface area contributed by atoms with Gasteiger partial charge in [-0.1, -0.05) is 40.0 Å². The Bertz CT molecular complexity index is 2050. The van der Waals surface area contributed by atoms with E-state index in [-0.39, 0.29) is 45.9 Å². The van der Waals surface area contributed by atoms with Gasteiger partial charge in [-0.15, -0.1) is 16.0 Å². The van der Waals surface area contributed by atoms with Gasteiger partial charge in [0.2, 0.25) is 12.6 Å². The SMILES string of the molecule is C.C.C[NH2+]CC(=O)OCc1cccnc1N(C)C(=O)OC(C)[n+]1cnn(C[C@](O)(c2cc(F)ccc2F)[C@@H](C)c2nc(-c3ccc(C#N)cc3)cs2)c1. The minimum absolute atomic E-state index is 0. The molecular formula is C37H44F2N8O5S+2. The zero-order valence-electron chi connectivity index (χ0n) is 28.2. The zero-order chi connectivity index (χ0) is 36.7. The number of pyridine rings is 1. The number of hydrogen-bond acceptors (Lipinski definition) is 10. The van der Waals surface area contributed by atoms with Crippen LogP contribution >= 0.6 is 11.3 Å². The summed E-state index contributed by atoms with van der Waals surface area (Å²) in [5.74, 6) is -2.57. The Hall–Kier alpha value is -5.63. The monoisotopic (exact) mass is 750 g/mol. The Morgan fingerprint density at radius 2 is 1.91 bits per heavy atom. The maximum absolute atomic E-state index is 15.3. The predicted octanol–water partition coefficient (Wildman–Crippen LogP) is 4.83. The average Bonchev–Trinajstić information content (AvgIpc) is 3.82. The molecule has 0 radical (unpaired) electrons. The molecular weight excluding hydrogens is 707 g/mol. The van der Waals surface area contributed by atoms with E-state index in [0.717, 1.165) is 23.8 Å². The number of carbonyl (C=O) groups excluding carboxylic acids is 2. The minimum atomic E-state index is -2.04. The van der Waals surface area contributed by atoms with Crippen LogP contribution in [0.4, 0.5) is 19.4 Å². The van der Waals surface area contributed by atoms with Crippen molar-refractivity contribution in [2.75, 3.05) is 25.5 Å². The van der Waals surface area contributed by atoms with Crippen molar-refractivity contribution in [2.24, 2.45) is 0 Å². The van der Waals surface area contributed by atoms with Gasteiger partial charge < -0.3 is 19.9 Å². The van der Waals surface area contributed by atoms with Crippen LogP contribution in [-0.4, -0.2) is 57.6 Å². The molecule has 280 valence electrons. The molecule has 0 fully saturated rings. The average molecular weight is 751 g/mol. The quantitative estimate of drug-likeness (QED) is 0.127. The predicted molar refractivity (Wildman–Crippen MR) is 193 cm³/mol. The summed E-state index contributed by atoms with van der Waals surface area (Å²) in [4.78, 5) is 35.2. The third-order valence-electron chi connectivity index (χ3n) is 8.23. The van der Waals surface area contributed by atoms with Crippen LogP contribution in [0.3, 0.4) is 0 Å². The zero-order valence-corrected chi connectivity index (χ0v) is 29.1. The number of hydrogen-bond donors (Lipinski definition) is 2. The first-order chi connectivity index (χ1) is 24.4. The Kier molecular flexibility index (Phi) is 14.4. The lowest BCUT2D eigenvalue weighted by Gasteiger charge is -2.32. The second kappa shape index (κ2) is 18.2. The van der Waals surface area contributed by atoms with Gasteiger partial charge in [0.25, 0.3) is 6.33 Å². The molecule has 0 aliphatic carbocycles. The smallest absolute Gasteiger partial charge is 0.418 e. The number of quaternary nitrogens is 1. The number of ether oxygens (including phenoxy) is 2. The molecule has 1 amide bonds. The van der Waals surface area contributed by atoms with Gasteiger partial charge in [-0.3, -0.25) is 4.90 Å². The Morgan fingerprint density at radius 1 is 1.17 bits per heavy atom. The van der Waals surface area contributed by atoms with Crippen molar-refractivity contribution in [2.45, 2.75) is 59.6 Å². The fraction of sp³-hybridized carbons (Fsp3) is 0.324. The highest BCUT2D eigenvalue weighted by molar-refractivity contribution is 7.10. The number of rotatable bonds is 13. The lowest BCUT2D eigenvalue weighted by Crippen LogP contribution is -2.81. The summed E-state index contributed by atoms with van der Waals surface area (Å²) in [6.07, 6.45) is 2.67. The minimum Gasteiger partial charge on any atom is -0.457 e. The number of nitrogens with zero attached hydrogens (tertiary/aromatic N) is 7. The summed E-state index contributed by atoms with van der Waals surface area (Å²) in [6.45, 7) is 3.00. The van der Waals surface area contributed by atoms with Crippen LogP contribution in [-0.2, 0) is 33.0 Å². The molecule has 5 rings (SSSR count). The second-order valence-electron chi connectivity index (χ2n) is 11.7. The van der Waals surface area contributed by atoms with E-state index in [0.29, 0.717) is 21.8 Å².